The van der Waals surface area contributed by atoms with Gasteiger partial charge in [-0.15, -0.1) is 0 Å². The van der Waals surface area contributed by atoms with Crippen molar-refractivity contribution in [3.63, 3.8) is 0 Å². The molecular formula is C12H31AlO3-. The van der Waals surface area contributed by atoms with Crippen LogP contribution in [-0.2, 0) is 0 Å². The van der Waals surface area contributed by atoms with E-state index in [0.29, 0.717) is 0 Å². The first kappa shape index (κ1) is 25.3. The molecule has 4 heteroatoms. The molecule has 16 heavy (non-hydrogen) atoms. The zero-order valence-corrected chi connectivity index (χ0v) is 14.0. The number of hydrogen-bond donors (Lipinski definition) is 3. The van der Waals surface area contributed by atoms with Gasteiger partial charge in [0.2, 0.25) is 0 Å². The van der Waals surface area contributed by atoms with E-state index < -0.39 is 16.8 Å². The highest BCUT2D eigenvalue weighted by atomic mass is 27.0. The number of rotatable bonds is 0. The van der Waals surface area contributed by atoms with Crippen LogP contribution in [0.1, 0.15) is 62.3 Å². The third-order valence-corrected chi connectivity index (χ3v) is 0. The van der Waals surface area contributed by atoms with Crippen molar-refractivity contribution in [3.8, 4) is 0 Å². The molecule has 0 aliphatic rings. The quantitative estimate of drug-likeness (QED) is 0.573. The van der Waals surface area contributed by atoms with Gasteiger partial charge in [-0.1, -0.05) is 0 Å². The summed E-state index contributed by atoms with van der Waals surface area (Å²) in [5.74, 6) is 0. The second kappa shape index (κ2) is 9.44. The summed E-state index contributed by atoms with van der Waals surface area (Å²) >= 11 is 0. The Bertz CT molecular complexity index is 91.3. The lowest BCUT2D eigenvalue weighted by molar-refractivity contribution is 0.101. The van der Waals surface area contributed by atoms with Crippen molar-refractivity contribution >= 4 is 17.4 Å². The molecule has 0 unspecified atom stereocenters. The molecule has 3 radical (unpaired) electrons. The predicted octanol–water partition coefficient (Wildman–Crippen LogP) is 1.68. The number of aliphatic hydroxyl groups is 3. The fraction of sp³-hybridized carbons (Fsp3) is 1.00. The van der Waals surface area contributed by atoms with Crippen LogP contribution in [0.25, 0.3) is 0 Å². The molecule has 0 aliphatic carbocycles. The molecular weight excluding hydrogens is 219 g/mol. The summed E-state index contributed by atoms with van der Waals surface area (Å²) in [5, 5.41) is 25.6. The lowest BCUT2D eigenvalue weighted by Crippen LogP contribution is -2.10. The lowest BCUT2D eigenvalue weighted by atomic mass is 10.2. The molecule has 3 nitrogen and oxygen atoms in total. The van der Waals surface area contributed by atoms with Crippen molar-refractivity contribution in [2.24, 2.45) is 0 Å². The molecule has 0 saturated heterocycles. The zero-order valence-electron chi connectivity index (χ0n) is 12.5. The van der Waals surface area contributed by atoms with Crippen LogP contribution in [-0.4, -0.2) is 49.5 Å². The summed E-state index contributed by atoms with van der Waals surface area (Å²) in [6.07, 6.45) is 0. The second-order valence-corrected chi connectivity index (χ2v) is 6.51. The van der Waals surface area contributed by atoms with Crippen LogP contribution >= 0.6 is 0 Å². The van der Waals surface area contributed by atoms with Gasteiger partial charge >= 0.3 is 0 Å². The first-order valence-electron chi connectivity index (χ1n) is 5.17. The first-order valence-corrected chi connectivity index (χ1v) is 5.17. The average Bonchev–Trinajstić information content (AvgIpc) is 1.41. The summed E-state index contributed by atoms with van der Waals surface area (Å²) < 4.78 is 0. The predicted molar refractivity (Wildman–Crippen MR) is 73.1 cm³/mol. The Kier molecular flexibility index (Phi) is 14.9. The highest BCUT2D eigenvalue weighted by Crippen LogP contribution is 1.94. The third-order valence-electron chi connectivity index (χ3n) is 0. The normalized spacial score (nSPS) is 11.2. The van der Waals surface area contributed by atoms with E-state index in [4.69, 9.17) is 15.3 Å². The Morgan fingerprint density at radius 1 is 0.438 bits per heavy atom. The van der Waals surface area contributed by atoms with Gasteiger partial charge in [0.15, 0.2) is 0 Å². The minimum atomic E-state index is -0.500. The molecule has 0 heterocycles. The Labute approximate surface area is 112 Å². The summed E-state index contributed by atoms with van der Waals surface area (Å²) in [6, 6.07) is 0. The lowest BCUT2D eigenvalue weighted by Gasteiger charge is -2.04. The van der Waals surface area contributed by atoms with Gasteiger partial charge in [-0.2, -0.15) is 0 Å². The monoisotopic (exact) mass is 250 g/mol. The van der Waals surface area contributed by atoms with E-state index in [1.807, 2.05) is 0 Å². The molecule has 3 N–H and O–H groups in total. The minimum absolute atomic E-state index is 0. The molecule has 0 aromatic rings. The summed E-state index contributed by atoms with van der Waals surface area (Å²) in [7, 11) is 0. The van der Waals surface area contributed by atoms with Crippen molar-refractivity contribution in [3.05, 3.63) is 0 Å². The van der Waals surface area contributed by atoms with E-state index in [9.17, 15) is 0 Å². The first-order chi connectivity index (χ1) is 6.00. The molecule has 0 aromatic heterocycles. The van der Waals surface area contributed by atoms with Gasteiger partial charge in [0.25, 0.3) is 0 Å². The Morgan fingerprint density at radius 2 is 0.438 bits per heavy atom. The van der Waals surface area contributed by atoms with Crippen molar-refractivity contribution in [2.45, 2.75) is 79.1 Å². The van der Waals surface area contributed by atoms with Crippen LogP contribution in [0, 0.1) is 0 Å². The Balaban J connectivity index is -0.0000000655. The van der Waals surface area contributed by atoms with Gasteiger partial charge in [-0.05, 0) is 62.3 Å². The fourth-order valence-electron chi connectivity index (χ4n) is 0. The Hall–Kier alpha value is 0.412. The van der Waals surface area contributed by atoms with Crippen molar-refractivity contribution in [1.29, 1.82) is 0 Å². The summed E-state index contributed by atoms with van der Waals surface area (Å²) in [6.45, 7) is 15.7. The van der Waals surface area contributed by atoms with E-state index in [2.05, 4.69) is 0 Å². The van der Waals surface area contributed by atoms with Crippen molar-refractivity contribution < 1.29 is 15.3 Å². The van der Waals surface area contributed by atoms with Gasteiger partial charge in [-0.3, -0.25) is 0 Å². The highest BCUT2D eigenvalue weighted by molar-refractivity contribution is 5.75. The van der Waals surface area contributed by atoms with E-state index in [-0.39, 0.29) is 17.4 Å². The SMILES string of the molecule is CC(C)(C)O.CC(C)(C)O.CC(C)(C)O.[AlH-]. The molecule has 0 rings (SSSR count). The van der Waals surface area contributed by atoms with E-state index in [1.54, 1.807) is 62.3 Å². The molecule has 0 amide bonds. The maximum atomic E-state index is 8.52. The second-order valence-electron chi connectivity index (χ2n) is 6.51. The van der Waals surface area contributed by atoms with E-state index in [1.165, 1.54) is 0 Å². The maximum Gasteiger partial charge on any atom is 0.0563 e. The molecule has 0 atom stereocenters. The zero-order chi connectivity index (χ0) is 13.5. The molecule has 0 fully saturated rings. The maximum absolute atomic E-state index is 8.52. The van der Waals surface area contributed by atoms with Crippen LogP contribution in [0.4, 0.5) is 0 Å². The summed E-state index contributed by atoms with van der Waals surface area (Å²) in [4.78, 5) is 0. The molecule has 101 valence electrons. The molecule has 0 saturated carbocycles. The standard InChI is InChI=1S/3C4H10O.Al.H/c3*1-4(2,3)5;;/h3*5H,1-3H3;;/q;;;-1;. The van der Waals surface area contributed by atoms with E-state index >= 15 is 0 Å². The smallest absolute Gasteiger partial charge is 0.0563 e. The summed E-state index contributed by atoms with van der Waals surface area (Å²) in [5.41, 5.74) is -1.50. The van der Waals surface area contributed by atoms with Crippen LogP contribution < -0.4 is 0 Å². The van der Waals surface area contributed by atoms with Crippen molar-refractivity contribution in [1.82, 2.24) is 0 Å². The minimum Gasteiger partial charge on any atom is -0.611 e. The van der Waals surface area contributed by atoms with Gasteiger partial charge < -0.3 is 32.7 Å². The van der Waals surface area contributed by atoms with Gasteiger partial charge in [0.1, 0.15) is 0 Å². The Morgan fingerprint density at radius 3 is 0.438 bits per heavy atom. The van der Waals surface area contributed by atoms with Crippen LogP contribution in [0.3, 0.4) is 0 Å². The fourth-order valence-corrected chi connectivity index (χ4v) is 0. The highest BCUT2D eigenvalue weighted by Gasteiger charge is 1.98. The van der Waals surface area contributed by atoms with Gasteiger partial charge in [0, 0.05) is 0 Å². The topological polar surface area (TPSA) is 60.7 Å². The third kappa shape index (κ3) is 15200. The molecule has 0 aliphatic heterocycles. The average molecular weight is 250 g/mol. The molecule has 0 aromatic carbocycles. The number of hydrogen-bond acceptors (Lipinski definition) is 3. The van der Waals surface area contributed by atoms with Crippen LogP contribution in [0.15, 0.2) is 0 Å². The largest absolute Gasteiger partial charge is 0.611 e. The van der Waals surface area contributed by atoms with Gasteiger partial charge in [-0.25, -0.2) is 0 Å². The molecule has 0 spiro atoms. The van der Waals surface area contributed by atoms with Gasteiger partial charge in [0.05, 0.1) is 16.8 Å². The van der Waals surface area contributed by atoms with Crippen molar-refractivity contribution in [2.75, 3.05) is 0 Å². The van der Waals surface area contributed by atoms with Crippen LogP contribution in [0.5, 0.6) is 0 Å². The van der Waals surface area contributed by atoms with E-state index in [0.717, 1.165) is 0 Å². The molecule has 0 bridgehead atoms. The van der Waals surface area contributed by atoms with Crippen LogP contribution in [0.2, 0.25) is 0 Å².